The van der Waals surface area contributed by atoms with E-state index in [1.807, 2.05) is 67.6 Å². The molecular weight excluding hydrogens is 398 g/mol. The van der Waals surface area contributed by atoms with Crippen LogP contribution < -0.4 is 15.0 Å². The Labute approximate surface area is 187 Å². The van der Waals surface area contributed by atoms with E-state index in [1.54, 1.807) is 7.11 Å². The maximum atomic E-state index is 12.7. The first-order valence-corrected chi connectivity index (χ1v) is 10.8. The van der Waals surface area contributed by atoms with Gasteiger partial charge in [0.2, 0.25) is 0 Å². The van der Waals surface area contributed by atoms with Crippen molar-refractivity contribution in [3.8, 4) is 5.75 Å². The van der Waals surface area contributed by atoms with Gasteiger partial charge in [-0.3, -0.25) is 4.79 Å². The molecular formula is C27H25N3O2. The van der Waals surface area contributed by atoms with E-state index in [0.29, 0.717) is 5.56 Å². The van der Waals surface area contributed by atoms with Gasteiger partial charge in [0.05, 0.1) is 12.6 Å². The van der Waals surface area contributed by atoms with Crippen LogP contribution in [0.2, 0.25) is 0 Å². The summed E-state index contributed by atoms with van der Waals surface area (Å²) in [6, 6.07) is 21.8. The molecule has 0 atom stereocenters. The number of amides is 1. The van der Waals surface area contributed by atoms with Crippen LogP contribution in [0.15, 0.2) is 66.7 Å². The number of nitrogens with one attached hydrogen (secondary N) is 1. The highest BCUT2D eigenvalue weighted by molar-refractivity contribution is 6.04. The molecule has 1 aliphatic rings. The molecule has 0 radical (unpaired) electrons. The van der Waals surface area contributed by atoms with E-state index in [2.05, 4.69) is 23.2 Å². The normalized spacial score (nSPS) is 12.7. The molecule has 1 aromatic heterocycles. The molecule has 3 aromatic carbocycles. The molecule has 1 amide bonds. The van der Waals surface area contributed by atoms with E-state index < -0.39 is 0 Å². The predicted molar refractivity (Wildman–Crippen MR) is 129 cm³/mol. The molecule has 1 aliphatic heterocycles. The van der Waals surface area contributed by atoms with Crippen molar-refractivity contribution in [2.45, 2.75) is 20.3 Å². The highest BCUT2D eigenvalue weighted by Crippen LogP contribution is 2.35. The van der Waals surface area contributed by atoms with E-state index >= 15 is 0 Å². The van der Waals surface area contributed by atoms with E-state index in [4.69, 9.17) is 9.72 Å². The number of rotatable bonds is 4. The lowest BCUT2D eigenvalue weighted by Crippen LogP contribution is -2.15. The predicted octanol–water partition coefficient (Wildman–Crippen LogP) is 5.81. The summed E-state index contributed by atoms with van der Waals surface area (Å²) in [5.41, 5.74) is 6.98. The van der Waals surface area contributed by atoms with Crippen LogP contribution in [0, 0.1) is 13.8 Å². The number of benzene rings is 3. The fraction of sp³-hybridized carbons (Fsp3) is 0.185. The minimum absolute atomic E-state index is 0.113. The zero-order valence-corrected chi connectivity index (χ0v) is 18.5. The van der Waals surface area contributed by atoms with Gasteiger partial charge in [-0.25, -0.2) is 4.98 Å². The van der Waals surface area contributed by atoms with Gasteiger partial charge >= 0.3 is 0 Å². The molecule has 0 saturated heterocycles. The fourth-order valence-corrected chi connectivity index (χ4v) is 4.13. The maximum Gasteiger partial charge on any atom is 0.255 e. The Bertz CT molecular complexity index is 1330. The molecule has 0 saturated carbocycles. The number of carbonyl (C=O) groups excluding carboxylic acids is 1. The van der Waals surface area contributed by atoms with Crippen molar-refractivity contribution >= 4 is 34.0 Å². The molecule has 0 unspecified atom stereocenters. The third kappa shape index (κ3) is 3.66. The number of ether oxygens (including phenoxy) is 1. The van der Waals surface area contributed by atoms with Crippen LogP contribution in [0.3, 0.4) is 0 Å². The molecule has 160 valence electrons. The number of hydrogen-bond donors (Lipinski definition) is 1. The number of fused-ring (bicyclic) bond motifs is 2. The minimum Gasteiger partial charge on any atom is -0.497 e. The molecule has 0 fully saturated rings. The average molecular weight is 424 g/mol. The Balaban J connectivity index is 1.38. The zero-order chi connectivity index (χ0) is 22.2. The van der Waals surface area contributed by atoms with Gasteiger partial charge in [-0.2, -0.15) is 0 Å². The Morgan fingerprint density at radius 2 is 1.78 bits per heavy atom. The van der Waals surface area contributed by atoms with Crippen LogP contribution in [0.4, 0.5) is 17.2 Å². The Kier molecular flexibility index (Phi) is 5.02. The Morgan fingerprint density at radius 1 is 0.969 bits per heavy atom. The first-order chi connectivity index (χ1) is 15.5. The summed E-state index contributed by atoms with van der Waals surface area (Å²) in [5.74, 6) is 1.66. The first kappa shape index (κ1) is 20.1. The van der Waals surface area contributed by atoms with Gasteiger partial charge in [0.15, 0.2) is 0 Å². The second-order valence-corrected chi connectivity index (χ2v) is 8.23. The topological polar surface area (TPSA) is 54.5 Å². The Hall–Kier alpha value is -3.86. The second kappa shape index (κ2) is 8.00. The van der Waals surface area contributed by atoms with E-state index in [1.165, 1.54) is 11.1 Å². The van der Waals surface area contributed by atoms with Crippen LogP contribution in [0.5, 0.6) is 5.75 Å². The number of aryl methyl sites for hydroxylation is 2. The van der Waals surface area contributed by atoms with Gasteiger partial charge in [-0.1, -0.05) is 6.07 Å². The van der Waals surface area contributed by atoms with Gasteiger partial charge in [-0.05, 0) is 91.6 Å². The van der Waals surface area contributed by atoms with Crippen molar-refractivity contribution in [2.24, 2.45) is 0 Å². The van der Waals surface area contributed by atoms with E-state index in [-0.39, 0.29) is 5.91 Å². The zero-order valence-electron chi connectivity index (χ0n) is 18.5. The molecule has 4 aromatic rings. The molecule has 0 aliphatic carbocycles. The third-order valence-electron chi connectivity index (χ3n) is 6.15. The molecule has 5 rings (SSSR count). The second-order valence-electron chi connectivity index (χ2n) is 8.23. The summed E-state index contributed by atoms with van der Waals surface area (Å²) in [6.45, 7) is 4.97. The van der Waals surface area contributed by atoms with Crippen molar-refractivity contribution in [1.29, 1.82) is 0 Å². The fourth-order valence-electron chi connectivity index (χ4n) is 4.13. The summed E-state index contributed by atoms with van der Waals surface area (Å²) in [6.07, 6.45) is 0.944. The van der Waals surface area contributed by atoms with Crippen molar-refractivity contribution < 1.29 is 9.53 Å². The number of nitrogens with zero attached hydrogens (tertiary/aromatic N) is 2. The maximum absolute atomic E-state index is 12.7. The molecule has 2 heterocycles. The van der Waals surface area contributed by atoms with Crippen molar-refractivity contribution in [1.82, 2.24) is 4.98 Å². The van der Waals surface area contributed by atoms with E-state index in [0.717, 1.165) is 52.4 Å². The lowest BCUT2D eigenvalue weighted by molar-refractivity contribution is 0.102. The van der Waals surface area contributed by atoms with Gasteiger partial charge in [0.25, 0.3) is 5.91 Å². The summed E-state index contributed by atoms with van der Waals surface area (Å²) < 4.78 is 5.35. The van der Waals surface area contributed by atoms with Gasteiger partial charge < -0.3 is 15.0 Å². The first-order valence-electron chi connectivity index (χ1n) is 10.8. The minimum atomic E-state index is -0.113. The van der Waals surface area contributed by atoms with Crippen LogP contribution >= 0.6 is 0 Å². The molecule has 32 heavy (non-hydrogen) atoms. The van der Waals surface area contributed by atoms with Crippen molar-refractivity contribution in [2.75, 3.05) is 23.9 Å². The molecule has 5 nitrogen and oxygen atoms in total. The SMILES string of the molecule is COc1ccc2cc3c(nc2c1)N(c1ccc(C(=O)Nc2ccc(C)c(C)c2)cc1)CC3. The van der Waals surface area contributed by atoms with Crippen LogP contribution in [-0.4, -0.2) is 24.5 Å². The van der Waals surface area contributed by atoms with Gasteiger partial charge in [-0.15, -0.1) is 0 Å². The summed E-state index contributed by atoms with van der Waals surface area (Å²) in [5, 5.41) is 4.10. The van der Waals surface area contributed by atoms with Crippen molar-refractivity contribution in [3.63, 3.8) is 0 Å². The number of methoxy groups -OCH3 is 1. The number of carbonyl (C=O) groups is 1. The quantitative estimate of drug-likeness (QED) is 0.450. The highest BCUT2D eigenvalue weighted by Gasteiger charge is 2.23. The lowest BCUT2D eigenvalue weighted by atomic mass is 10.1. The average Bonchev–Trinajstić information content (AvgIpc) is 3.22. The third-order valence-corrected chi connectivity index (χ3v) is 6.15. The molecule has 5 heteroatoms. The van der Waals surface area contributed by atoms with Crippen LogP contribution in [-0.2, 0) is 6.42 Å². The Morgan fingerprint density at radius 3 is 2.53 bits per heavy atom. The smallest absolute Gasteiger partial charge is 0.255 e. The number of hydrogen-bond acceptors (Lipinski definition) is 4. The highest BCUT2D eigenvalue weighted by atomic mass is 16.5. The van der Waals surface area contributed by atoms with Crippen molar-refractivity contribution in [3.05, 3.63) is 89.0 Å². The largest absolute Gasteiger partial charge is 0.497 e. The monoisotopic (exact) mass is 423 g/mol. The summed E-state index contributed by atoms with van der Waals surface area (Å²) in [7, 11) is 1.67. The lowest BCUT2D eigenvalue weighted by Gasteiger charge is -2.19. The van der Waals surface area contributed by atoms with E-state index in [9.17, 15) is 4.79 Å². The molecule has 0 bridgehead atoms. The molecule has 0 spiro atoms. The molecule has 1 N–H and O–H groups in total. The van der Waals surface area contributed by atoms with Crippen LogP contribution in [0.25, 0.3) is 10.9 Å². The van der Waals surface area contributed by atoms with Gasteiger partial charge in [0, 0.05) is 34.9 Å². The summed E-state index contributed by atoms with van der Waals surface area (Å²) >= 11 is 0. The van der Waals surface area contributed by atoms with Gasteiger partial charge in [0.1, 0.15) is 11.6 Å². The standard InChI is InChI=1S/C27H25N3O2/c1-17-4-8-22(14-18(17)2)28-27(31)19-5-9-23(10-6-19)30-13-12-21-15-20-7-11-24(32-3)16-25(20)29-26(21)30/h4-11,14-16H,12-13H2,1-3H3,(H,28,31). The number of anilines is 3. The van der Waals surface area contributed by atoms with Crippen LogP contribution in [0.1, 0.15) is 27.0 Å². The number of aromatic nitrogens is 1. The number of pyridine rings is 1. The summed E-state index contributed by atoms with van der Waals surface area (Å²) in [4.78, 5) is 19.8.